The molecular formula is C14H17NO4. The monoisotopic (exact) mass is 263 g/mol. The number of ether oxygens (including phenoxy) is 2. The highest BCUT2D eigenvalue weighted by Gasteiger charge is 2.08. The summed E-state index contributed by atoms with van der Waals surface area (Å²) >= 11 is 0. The molecule has 102 valence electrons. The predicted octanol–water partition coefficient (Wildman–Crippen LogP) is 2.14. The van der Waals surface area contributed by atoms with Crippen molar-refractivity contribution in [2.45, 2.75) is 13.8 Å². The zero-order chi connectivity index (χ0) is 14.3. The molecule has 0 atom stereocenters. The number of carbonyl (C=O) groups excluding carboxylic acids is 2. The maximum atomic E-state index is 11.3. The second kappa shape index (κ2) is 7.20. The van der Waals surface area contributed by atoms with E-state index in [1.54, 1.807) is 31.2 Å². The van der Waals surface area contributed by atoms with E-state index in [-0.39, 0.29) is 18.1 Å². The first-order valence-electron chi connectivity index (χ1n) is 5.88. The number of rotatable bonds is 6. The van der Waals surface area contributed by atoms with E-state index in [2.05, 4.69) is 11.9 Å². The summed E-state index contributed by atoms with van der Waals surface area (Å²) < 4.78 is 10.2. The van der Waals surface area contributed by atoms with E-state index >= 15 is 0 Å². The van der Waals surface area contributed by atoms with Gasteiger partial charge in [0.15, 0.2) is 0 Å². The second-order valence-electron chi connectivity index (χ2n) is 3.82. The number of hydrogen-bond donors (Lipinski definition) is 1. The van der Waals surface area contributed by atoms with Gasteiger partial charge in [-0.15, -0.1) is 0 Å². The number of esters is 1. The number of benzene rings is 1. The van der Waals surface area contributed by atoms with Gasteiger partial charge in [-0.2, -0.15) is 0 Å². The van der Waals surface area contributed by atoms with Crippen molar-refractivity contribution in [2.24, 2.45) is 0 Å². The van der Waals surface area contributed by atoms with E-state index in [9.17, 15) is 9.59 Å². The third-order valence-corrected chi connectivity index (χ3v) is 2.15. The molecule has 0 bridgehead atoms. The molecule has 0 saturated heterocycles. The lowest BCUT2D eigenvalue weighted by atomic mass is 10.3. The predicted molar refractivity (Wildman–Crippen MR) is 72.0 cm³/mol. The van der Waals surface area contributed by atoms with Crippen molar-refractivity contribution in [3.63, 3.8) is 0 Å². The average Bonchev–Trinajstić information content (AvgIpc) is 2.37. The highest BCUT2D eigenvalue weighted by Crippen LogP contribution is 2.16. The van der Waals surface area contributed by atoms with E-state index < -0.39 is 5.97 Å². The largest absolute Gasteiger partial charge is 0.489 e. The smallest absolute Gasteiger partial charge is 0.336 e. The second-order valence-corrected chi connectivity index (χ2v) is 3.82. The number of anilines is 1. The molecule has 1 amide bonds. The van der Waals surface area contributed by atoms with Gasteiger partial charge in [0.05, 0.1) is 12.2 Å². The van der Waals surface area contributed by atoms with Crippen LogP contribution in [0, 0.1) is 0 Å². The summed E-state index contributed by atoms with van der Waals surface area (Å²) in [6, 6.07) is 6.82. The Balaban J connectivity index is 2.47. The first-order valence-corrected chi connectivity index (χ1v) is 5.88. The molecule has 1 aromatic rings. The van der Waals surface area contributed by atoms with Gasteiger partial charge in [0.25, 0.3) is 0 Å². The van der Waals surface area contributed by atoms with Gasteiger partial charge in [-0.25, -0.2) is 4.79 Å². The average molecular weight is 263 g/mol. The maximum Gasteiger partial charge on any atom is 0.336 e. The van der Waals surface area contributed by atoms with E-state index in [4.69, 9.17) is 9.47 Å². The third kappa shape index (κ3) is 5.25. The van der Waals surface area contributed by atoms with E-state index in [1.165, 1.54) is 6.92 Å². The summed E-state index contributed by atoms with van der Waals surface area (Å²) in [5, 5.41) is 2.65. The molecule has 0 aliphatic heterocycles. The Morgan fingerprint density at radius 3 is 2.42 bits per heavy atom. The summed E-state index contributed by atoms with van der Waals surface area (Å²) in [6.45, 7) is 7.13. The molecule has 1 rings (SSSR count). The highest BCUT2D eigenvalue weighted by atomic mass is 16.5. The number of nitrogens with one attached hydrogen (secondary N) is 1. The summed E-state index contributed by atoms with van der Waals surface area (Å²) in [4.78, 5) is 22.1. The fourth-order valence-corrected chi connectivity index (χ4v) is 1.30. The molecule has 1 N–H and O–H groups in total. The van der Waals surface area contributed by atoms with Crippen molar-refractivity contribution in [1.29, 1.82) is 0 Å². The zero-order valence-corrected chi connectivity index (χ0v) is 11.1. The van der Waals surface area contributed by atoms with Crippen LogP contribution >= 0.6 is 0 Å². The molecule has 0 spiro atoms. The molecule has 5 heteroatoms. The lowest BCUT2D eigenvalue weighted by molar-refractivity contribution is -0.138. The molecule has 0 saturated carbocycles. The van der Waals surface area contributed by atoms with Crippen LogP contribution < -0.4 is 10.1 Å². The molecule has 0 aromatic heterocycles. The highest BCUT2D eigenvalue weighted by molar-refractivity contribution is 5.89. The minimum absolute atomic E-state index is 0.0678. The van der Waals surface area contributed by atoms with Crippen LogP contribution in [0.4, 0.5) is 5.69 Å². The number of amides is 1. The minimum Gasteiger partial charge on any atom is -0.489 e. The van der Waals surface area contributed by atoms with Crippen LogP contribution in [-0.2, 0) is 14.3 Å². The van der Waals surface area contributed by atoms with Crippen molar-refractivity contribution in [3.8, 4) is 5.75 Å². The van der Waals surface area contributed by atoms with Gasteiger partial charge in [-0.05, 0) is 31.2 Å². The van der Waals surface area contributed by atoms with Crippen LogP contribution in [0.2, 0.25) is 0 Å². The molecule has 1 aromatic carbocycles. The van der Waals surface area contributed by atoms with Crippen LogP contribution in [0.5, 0.6) is 5.75 Å². The Morgan fingerprint density at radius 1 is 1.26 bits per heavy atom. The quantitative estimate of drug-likeness (QED) is 0.631. The molecule has 0 aliphatic rings. The van der Waals surface area contributed by atoms with Crippen LogP contribution in [0.3, 0.4) is 0 Å². The lowest BCUT2D eigenvalue weighted by Gasteiger charge is -2.09. The fraction of sp³-hybridized carbons (Fsp3) is 0.286. The molecule has 0 unspecified atom stereocenters. The molecule has 19 heavy (non-hydrogen) atoms. The lowest BCUT2D eigenvalue weighted by Crippen LogP contribution is -2.13. The maximum absolute atomic E-state index is 11.3. The van der Waals surface area contributed by atoms with Crippen LogP contribution in [0.15, 0.2) is 36.4 Å². The van der Waals surface area contributed by atoms with Gasteiger partial charge in [0.1, 0.15) is 12.4 Å². The Hall–Kier alpha value is -2.30. The van der Waals surface area contributed by atoms with Gasteiger partial charge in [-0.1, -0.05) is 6.58 Å². The van der Waals surface area contributed by atoms with E-state index in [1.807, 2.05) is 0 Å². The van der Waals surface area contributed by atoms with Gasteiger partial charge >= 0.3 is 5.97 Å². The van der Waals surface area contributed by atoms with E-state index in [0.29, 0.717) is 18.0 Å². The minimum atomic E-state index is -0.461. The van der Waals surface area contributed by atoms with Crippen molar-refractivity contribution < 1.29 is 19.1 Å². The topological polar surface area (TPSA) is 64.6 Å². The summed E-state index contributed by atoms with van der Waals surface area (Å²) in [7, 11) is 0. The summed E-state index contributed by atoms with van der Waals surface area (Å²) in [5.74, 6) is -0.0127. The van der Waals surface area contributed by atoms with E-state index in [0.717, 1.165) is 0 Å². The summed E-state index contributed by atoms with van der Waals surface area (Å²) in [5.41, 5.74) is 0.942. The Kier molecular flexibility index (Phi) is 5.60. The normalized spacial score (nSPS) is 9.58. The van der Waals surface area contributed by atoms with Crippen molar-refractivity contribution in [1.82, 2.24) is 0 Å². The zero-order valence-electron chi connectivity index (χ0n) is 11.1. The van der Waals surface area contributed by atoms with Crippen molar-refractivity contribution in [3.05, 3.63) is 36.4 Å². The Labute approximate surface area is 112 Å². The first-order chi connectivity index (χ1) is 9.02. The Morgan fingerprint density at radius 2 is 1.89 bits per heavy atom. The standard InChI is InChI=1S/C14H17NO4/c1-4-18-14(17)10(2)9-19-13-7-5-12(6-8-13)15-11(3)16/h5-8H,2,4,9H2,1,3H3,(H,15,16). The van der Waals surface area contributed by atoms with Crippen LogP contribution in [0.1, 0.15) is 13.8 Å². The van der Waals surface area contributed by atoms with Gasteiger partial charge in [0, 0.05) is 12.6 Å². The third-order valence-electron chi connectivity index (χ3n) is 2.15. The van der Waals surface area contributed by atoms with Crippen molar-refractivity contribution >= 4 is 17.6 Å². The molecule has 5 nitrogen and oxygen atoms in total. The van der Waals surface area contributed by atoms with Gasteiger partial charge in [-0.3, -0.25) is 4.79 Å². The SMILES string of the molecule is C=C(COc1ccc(NC(C)=O)cc1)C(=O)OCC. The molecular weight excluding hydrogens is 246 g/mol. The van der Waals surface area contributed by atoms with Crippen molar-refractivity contribution in [2.75, 3.05) is 18.5 Å². The number of hydrogen-bond acceptors (Lipinski definition) is 4. The number of carbonyl (C=O) groups is 2. The Bertz CT molecular complexity index is 465. The summed E-state index contributed by atoms with van der Waals surface area (Å²) in [6.07, 6.45) is 0. The van der Waals surface area contributed by atoms with Crippen LogP contribution in [0.25, 0.3) is 0 Å². The molecule has 0 aliphatic carbocycles. The van der Waals surface area contributed by atoms with Gasteiger partial charge in [0.2, 0.25) is 5.91 Å². The van der Waals surface area contributed by atoms with Gasteiger partial charge < -0.3 is 14.8 Å². The first kappa shape index (κ1) is 14.8. The molecule has 0 radical (unpaired) electrons. The molecule has 0 heterocycles. The fourth-order valence-electron chi connectivity index (χ4n) is 1.30. The molecule has 0 fully saturated rings. The van der Waals surface area contributed by atoms with Crippen LogP contribution in [-0.4, -0.2) is 25.1 Å².